The number of pyridine rings is 1. The van der Waals surface area contributed by atoms with Gasteiger partial charge in [0, 0.05) is 18.7 Å². The molecule has 0 aromatic carbocycles. The third-order valence-corrected chi connectivity index (χ3v) is 5.73. The van der Waals surface area contributed by atoms with Crippen molar-refractivity contribution >= 4 is 17.3 Å². The number of aliphatic hydroxyl groups is 1. The molecule has 0 bridgehead atoms. The molecular weight excluding hydrogens is 380 g/mol. The van der Waals surface area contributed by atoms with Gasteiger partial charge in [-0.25, -0.2) is 9.78 Å². The van der Waals surface area contributed by atoms with Crippen LogP contribution in [-0.2, 0) is 4.79 Å². The lowest BCUT2D eigenvalue weighted by molar-refractivity contribution is -0.384. The van der Waals surface area contributed by atoms with Crippen LogP contribution in [0.3, 0.4) is 0 Å². The van der Waals surface area contributed by atoms with E-state index in [2.05, 4.69) is 15.2 Å². The van der Waals surface area contributed by atoms with E-state index in [-0.39, 0.29) is 24.6 Å². The predicted octanol–water partition coefficient (Wildman–Crippen LogP) is 2.02. The molecule has 1 aliphatic carbocycles. The van der Waals surface area contributed by atoms with E-state index in [4.69, 9.17) is 9.84 Å². The van der Waals surface area contributed by atoms with Gasteiger partial charge in [0.15, 0.2) is 5.60 Å². The fourth-order valence-corrected chi connectivity index (χ4v) is 3.90. The second-order valence-corrected chi connectivity index (χ2v) is 7.80. The highest BCUT2D eigenvalue weighted by molar-refractivity contribution is 5.77. The first-order valence-electron chi connectivity index (χ1n) is 10.1. The summed E-state index contributed by atoms with van der Waals surface area (Å²) < 4.78 is 5.70. The first-order chi connectivity index (χ1) is 13.9. The maximum absolute atomic E-state index is 11.3. The summed E-state index contributed by atoms with van der Waals surface area (Å²) in [6, 6.07) is 1.35. The van der Waals surface area contributed by atoms with Crippen molar-refractivity contribution in [1.29, 1.82) is 0 Å². The summed E-state index contributed by atoms with van der Waals surface area (Å²) in [6.45, 7) is 3.37. The van der Waals surface area contributed by atoms with Crippen molar-refractivity contribution < 1.29 is 24.7 Å². The zero-order valence-electron chi connectivity index (χ0n) is 16.4. The second kappa shape index (κ2) is 9.36. The van der Waals surface area contributed by atoms with Crippen molar-refractivity contribution in [2.24, 2.45) is 0 Å². The molecular formula is C19H28N4O6. The monoisotopic (exact) mass is 408 g/mol. The number of hydrogen-bond donors (Lipinski definition) is 3. The maximum Gasteiger partial charge on any atom is 0.335 e. The third kappa shape index (κ3) is 5.54. The van der Waals surface area contributed by atoms with Crippen LogP contribution < -0.4 is 10.1 Å². The molecule has 1 saturated heterocycles. The number of nitro groups is 1. The van der Waals surface area contributed by atoms with E-state index in [0.29, 0.717) is 31.0 Å². The molecule has 3 rings (SSSR count). The Morgan fingerprint density at radius 3 is 2.66 bits per heavy atom. The molecule has 1 aliphatic heterocycles. The number of hydrogen-bond acceptors (Lipinski definition) is 8. The number of carbonyl (C=O) groups is 1. The van der Waals surface area contributed by atoms with Gasteiger partial charge in [0.1, 0.15) is 18.5 Å². The standard InChI is InChI=1S/C19H28N4O6/c24-18(25)19(26)6-4-14(5-7-19)21-15-12-17(20-13-16(15)23(27)28)29-11-10-22-8-2-1-3-9-22/h12-14,26H,1-11H2,(H,20,21)(H,24,25). The van der Waals surface area contributed by atoms with Gasteiger partial charge in [0.2, 0.25) is 5.88 Å². The topological polar surface area (TPSA) is 138 Å². The molecule has 2 aliphatic rings. The van der Waals surface area contributed by atoms with Crippen LogP contribution in [0.5, 0.6) is 5.88 Å². The summed E-state index contributed by atoms with van der Waals surface area (Å²) >= 11 is 0. The number of rotatable bonds is 8. The van der Waals surface area contributed by atoms with Gasteiger partial charge < -0.3 is 20.3 Å². The molecule has 29 heavy (non-hydrogen) atoms. The largest absolute Gasteiger partial charge is 0.479 e. The average Bonchev–Trinajstić information content (AvgIpc) is 2.70. The van der Waals surface area contributed by atoms with Crippen molar-refractivity contribution in [3.8, 4) is 5.88 Å². The van der Waals surface area contributed by atoms with E-state index in [0.717, 1.165) is 19.6 Å². The molecule has 1 saturated carbocycles. The van der Waals surface area contributed by atoms with E-state index >= 15 is 0 Å². The number of nitrogens with one attached hydrogen (secondary N) is 1. The lowest BCUT2D eigenvalue weighted by atomic mass is 9.82. The summed E-state index contributed by atoms with van der Waals surface area (Å²) in [5.74, 6) is -0.914. The molecule has 3 N–H and O–H groups in total. The fraction of sp³-hybridized carbons (Fsp3) is 0.684. The SMILES string of the molecule is O=C(O)C1(O)CCC(Nc2cc(OCCN3CCCCC3)ncc2[N+](=O)[O-])CC1. The van der Waals surface area contributed by atoms with Crippen molar-refractivity contribution in [3.63, 3.8) is 0 Å². The van der Waals surface area contributed by atoms with Gasteiger partial charge in [0.05, 0.1) is 4.92 Å². The lowest BCUT2D eigenvalue weighted by Gasteiger charge is -2.33. The van der Waals surface area contributed by atoms with Gasteiger partial charge in [-0.3, -0.25) is 15.0 Å². The molecule has 0 amide bonds. The Morgan fingerprint density at radius 1 is 1.34 bits per heavy atom. The van der Waals surface area contributed by atoms with E-state index in [1.807, 2.05) is 0 Å². The summed E-state index contributed by atoms with van der Waals surface area (Å²) in [4.78, 5) is 28.4. The number of piperidine rings is 1. The number of likely N-dealkylation sites (tertiary alicyclic amines) is 1. The first-order valence-corrected chi connectivity index (χ1v) is 10.1. The Kier molecular flexibility index (Phi) is 6.86. The second-order valence-electron chi connectivity index (χ2n) is 7.80. The van der Waals surface area contributed by atoms with Crippen LogP contribution in [0.1, 0.15) is 44.9 Å². The average molecular weight is 408 g/mol. The Morgan fingerprint density at radius 2 is 2.03 bits per heavy atom. The molecule has 0 radical (unpaired) electrons. The summed E-state index contributed by atoms with van der Waals surface area (Å²) in [5, 5.41) is 33.6. The number of ether oxygens (including phenoxy) is 1. The Balaban J connectivity index is 1.60. The lowest BCUT2D eigenvalue weighted by Crippen LogP contribution is -2.44. The maximum atomic E-state index is 11.3. The highest BCUT2D eigenvalue weighted by Gasteiger charge is 2.40. The molecule has 0 unspecified atom stereocenters. The minimum absolute atomic E-state index is 0.0953. The predicted molar refractivity (Wildman–Crippen MR) is 105 cm³/mol. The summed E-state index contributed by atoms with van der Waals surface area (Å²) in [6.07, 6.45) is 5.82. The van der Waals surface area contributed by atoms with Crippen LogP contribution in [0.4, 0.5) is 11.4 Å². The number of anilines is 1. The van der Waals surface area contributed by atoms with Gasteiger partial charge in [-0.15, -0.1) is 0 Å². The third-order valence-electron chi connectivity index (χ3n) is 5.73. The number of carboxylic acids is 1. The van der Waals surface area contributed by atoms with Crippen LogP contribution in [0.25, 0.3) is 0 Å². The Hall–Kier alpha value is -2.46. The number of aromatic nitrogens is 1. The molecule has 2 heterocycles. The Bertz CT molecular complexity index is 729. The summed E-state index contributed by atoms with van der Waals surface area (Å²) in [7, 11) is 0. The van der Waals surface area contributed by atoms with E-state index in [1.165, 1.54) is 31.5 Å². The molecule has 0 spiro atoms. The van der Waals surface area contributed by atoms with Crippen LogP contribution in [0.15, 0.2) is 12.3 Å². The Labute approximate surface area is 169 Å². The van der Waals surface area contributed by atoms with Gasteiger partial charge >= 0.3 is 11.7 Å². The van der Waals surface area contributed by atoms with Gasteiger partial charge in [-0.05, 0) is 51.6 Å². The number of nitrogens with zero attached hydrogens (tertiary/aromatic N) is 3. The van der Waals surface area contributed by atoms with E-state index in [9.17, 15) is 20.0 Å². The quantitative estimate of drug-likeness (QED) is 0.435. The van der Waals surface area contributed by atoms with Crippen molar-refractivity contribution in [2.75, 3.05) is 31.6 Å². The van der Waals surface area contributed by atoms with Crippen molar-refractivity contribution in [1.82, 2.24) is 9.88 Å². The van der Waals surface area contributed by atoms with Gasteiger partial charge in [-0.1, -0.05) is 6.42 Å². The normalized spacial score (nSPS) is 25.3. The molecule has 160 valence electrons. The molecule has 1 aromatic heterocycles. The smallest absolute Gasteiger partial charge is 0.335 e. The minimum Gasteiger partial charge on any atom is -0.479 e. The minimum atomic E-state index is -1.72. The van der Waals surface area contributed by atoms with Crippen LogP contribution in [0, 0.1) is 10.1 Å². The van der Waals surface area contributed by atoms with Crippen LogP contribution in [0.2, 0.25) is 0 Å². The van der Waals surface area contributed by atoms with Crippen LogP contribution in [-0.4, -0.2) is 68.9 Å². The van der Waals surface area contributed by atoms with Crippen molar-refractivity contribution in [2.45, 2.75) is 56.6 Å². The van der Waals surface area contributed by atoms with E-state index in [1.54, 1.807) is 0 Å². The van der Waals surface area contributed by atoms with E-state index < -0.39 is 16.5 Å². The molecule has 2 fully saturated rings. The van der Waals surface area contributed by atoms with Crippen LogP contribution >= 0.6 is 0 Å². The van der Waals surface area contributed by atoms with Crippen molar-refractivity contribution in [3.05, 3.63) is 22.4 Å². The summed E-state index contributed by atoms with van der Waals surface area (Å²) in [5.41, 5.74) is -1.58. The molecule has 10 nitrogen and oxygen atoms in total. The number of carboxylic acid groups (broad SMARTS) is 1. The fourth-order valence-electron chi connectivity index (χ4n) is 3.90. The van der Waals surface area contributed by atoms with Gasteiger partial charge in [0.25, 0.3) is 0 Å². The number of aliphatic carboxylic acids is 1. The van der Waals surface area contributed by atoms with Gasteiger partial charge in [-0.2, -0.15) is 0 Å². The molecule has 10 heteroatoms. The molecule has 0 atom stereocenters. The first kappa shape index (κ1) is 21.3. The highest BCUT2D eigenvalue weighted by atomic mass is 16.6. The molecule has 1 aromatic rings. The zero-order valence-corrected chi connectivity index (χ0v) is 16.4. The highest BCUT2D eigenvalue weighted by Crippen LogP contribution is 2.33. The zero-order chi connectivity index (χ0) is 20.9.